The number of nitrogens with one attached hydrogen (secondary N) is 2. The van der Waals surface area contributed by atoms with Crippen molar-refractivity contribution >= 4 is 22.6 Å². The van der Waals surface area contributed by atoms with Crippen LogP contribution in [0.5, 0.6) is 11.5 Å². The van der Waals surface area contributed by atoms with E-state index in [1.165, 1.54) is 0 Å². The van der Waals surface area contributed by atoms with Gasteiger partial charge in [-0.15, -0.1) is 0 Å². The summed E-state index contributed by atoms with van der Waals surface area (Å²) in [6, 6.07) is 21.0. The third kappa shape index (κ3) is 5.50. The molecule has 156 valence electrons. The summed E-state index contributed by atoms with van der Waals surface area (Å²) >= 11 is 0. The van der Waals surface area contributed by atoms with Gasteiger partial charge in [0.15, 0.2) is 12.2 Å². The number of benzene rings is 3. The summed E-state index contributed by atoms with van der Waals surface area (Å²) in [4.78, 5) is 24.7. The lowest BCUT2D eigenvalue weighted by atomic mass is 10.1. The lowest BCUT2D eigenvalue weighted by Gasteiger charge is -2.19. The van der Waals surface area contributed by atoms with Gasteiger partial charge >= 0.3 is 0 Å². The number of carbonyl (C=O) groups is 2. The average Bonchev–Trinajstić information content (AvgIpc) is 2.76. The Kier molecular flexibility index (Phi) is 6.91. The molecule has 2 unspecified atom stereocenters. The minimum atomic E-state index is -0.787. The number of aryl methyl sites for hydroxylation is 1. The van der Waals surface area contributed by atoms with Gasteiger partial charge in [-0.25, -0.2) is 0 Å². The molecule has 0 aliphatic heterocycles. The third-order valence-corrected chi connectivity index (χ3v) is 4.67. The second-order valence-corrected chi connectivity index (χ2v) is 7.08. The van der Waals surface area contributed by atoms with Crippen molar-refractivity contribution < 1.29 is 19.1 Å². The standard InChI is InChI=1S/C24H26N2O4/c1-4-22(30-20-12-9-16(2)10-13-20)24(28)26-25-23(27)17(3)29-21-14-11-18-7-5-6-8-19(18)15-21/h5-15,17,22H,4H2,1-3H3,(H,25,27)(H,26,28). The Morgan fingerprint density at radius 3 is 2.17 bits per heavy atom. The first kappa shape index (κ1) is 21.2. The molecule has 0 aromatic heterocycles. The molecule has 0 bridgehead atoms. The number of ether oxygens (including phenoxy) is 2. The first-order valence-corrected chi connectivity index (χ1v) is 9.94. The van der Waals surface area contributed by atoms with Crippen molar-refractivity contribution in [2.75, 3.05) is 0 Å². The van der Waals surface area contributed by atoms with E-state index in [2.05, 4.69) is 10.9 Å². The molecule has 0 radical (unpaired) electrons. The van der Waals surface area contributed by atoms with Crippen LogP contribution in [0.1, 0.15) is 25.8 Å². The summed E-state index contributed by atoms with van der Waals surface area (Å²) in [5, 5.41) is 2.11. The monoisotopic (exact) mass is 406 g/mol. The summed E-state index contributed by atoms with van der Waals surface area (Å²) in [7, 11) is 0. The number of rotatable bonds is 7. The van der Waals surface area contributed by atoms with Gasteiger partial charge < -0.3 is 9.47 Å². The van der Waals surface area contributed by atoms with Crippen molar-refractivity contribution in [1.82, 2.24) is 10.9 Å². The summed E-state index contributed by atoms with van der Waals surface area (Å²) in [5.74, 6) is 0.296. The van der Waals surface area contributed by atoms with Crippen molar-refractivity contribution in [3.63, 3.8) is 0 Å². The van der Waals surface area contributed by atoms with Crippen LogP contribution in [0.3, 0.4) is 0 Å². The van der Waals surface area contributed by atoms with Gasteiger partial charge in [0.1, 0.15) is 11.5 Å². The Bertz CT molecular complexity index is 1020. The van der Waals surface area contributed by atoms with Gasteiger partial charge in [-0.2, -0.15) is 0 Å². The fourth-order valence-corrected chi connectivity index (χ4v) is 2.91. The van der Waals surface area contributed by atoms with Gasteiger partial charge in [0.2, 0.25) is 0 Å². The molecule has 2 N–H and O–H groups in total. The largest absolute Gasteiger partial charge is 0.481 e. The van der Waals surface area contributed by atoms with Crippen molar-refractivity contribution in [2.24, 2.45) is 0 Å². The molecule has 0 heterocycles. The van der Waals surface area contributed by atoms with E-state index in [0.29, 0.717) is 17.9 Å². The zero-order chi connectivity index (χ0) is 21.5. The van der Waals surface area contributed by atoms with Gasteiger partial charge in [0, 0.05) is 0 Å². The minimum Gasteiger partial charge on any atom is -0.481 e. The number of hydrogen-bond acceptors (Lipinski definition) is 4. The molecule has 3 rings (SSSR count). The molecule has 2 atom stereocenters. The van der Waals surface area contributed by atoms with Crippen LogP contribution >= 0.6 is 0 Å². The highest BCUT2D eigenvalue weighted by molar-refractivity contribution is 5.87. The van der Waals surface area contributed by atoms with E-state index in [-0.39, 0.29) is 0 Å². The summed E-state index contributed by atoms with van der Waals surface area (Å²) in [6.45, 7) is 5.44. The molecule has 0 aliphatic carbocycles. The Morgan fingerprint density at radius 2 is 1.47 bits per heavy atom. The Balaban J connectivity index is 1.52. The zero-order valence-electron chi connectivity index (χ0n) is 17.3. The Morgan fingerprint density at radius 1 is 0.833 bits per heavy atom. The number of fused-ring (bicyclic) bond motifs is 1. The van der Waals surface area contributed by atoms with Crippen LogP contribution in [-0.4, -0.2) is 24.0 Å². The zero-order valence-corrected chi connectivity index (χ0v) is 17.3. The Labute approximate surface area is 176 Å². The van der Waals surface area contributed by atoms with Crippen molar-refractivity contribution in [1.29, 1.82) is 0 Å². The van der Waals surface area contributed by atoms with Crippen molar-refractivity contribution in [3.05, 3.63) is 72.3 Å². The summed E-state index contributed by atoms with van der Waals surface area (Å²) in [5.41, 5.74) is 5.93. The fourth-order valence-electron chi connectivity index (χ4n) is 2.91. The molecule has 0 spiro atoms. The average molecular weight is 406 g/mol. The first-order chi connectivity index (χ1) is 14.5. The first-order valence-electron chi connectivity index (χ1n) is 9.94. The van der Waals surface area contributed by atoms with E-state index in [1.807, 2.05) is 80.6 Å². The number of carbonyl (C=O) groups excluding carboxylic acids is 2. The normalized spacial score (nSPS) is 12.6. The maximum atomic E-state index is 12.4. The number of amides is 2. The molecule has 3 aromatic carbocycles. The lowest BCUT2D eigenvalue weighted by molar-refractivity contribution is -0.135. The van der Waals surface area contributed by atoms with E-state index < -0.39 is 24.0 Å². The van der Waals surface area contributed by atoms with Crippen LogP contribution in [0, 0.1) is 6.92 Å². The highest BCUT2D eigenvalue weighted by Gasteiger charge is 2.21. The van der Waals surface area contributed by atoms with E-state index in [9.17, 15) is 9.59 Å². The molecule has 0 aliphatic rings. The van der Waals surface area contributed by atoms with Gasteiger partial charge in [-0.3, -0.25) is 20.4 Å². The number of hydrazine groups is 1. The Hall–Kier alpha value is -3.54. The maximum absolute atomic E-state index is 12.4. The van der Waals surface area contributed by atoms with Gasteiger partial charge in [-0.1, -0.05) is 55.0 Å². The lowest BCUT2D eigenvalue weighted by Crippen LogP contribution is -2.51. The van der Waals surface area contributed by atoms with E-state index in [1.54, 1.807) is 6.92 Å². The van der Waals surface area contributed by atoms with E-state index in [0.717, 1.165) is 16.3 Å². The molecule has 30 heavy (non-hydrogen) atoms. The molecular formula is C24H26N2O4. The van der Waals surface area contributed by atoms with Crippen LogP contribution < -0.4 is 20.3 Å². The quantitative estimate of drug-likeness (QED) is 0.583. The van der Waals surface area contributed by atoms with Crippen molar-refractivity contribution in [3.8, 4) is 11.5 Å². The van der Waals surface area contributed by atoms with Crippen LogP contribution in [0.2, 0.25) is 0 Å². The predicted octanol–water partition coefficient (Wildman–Crippen LogP) is 3.92. The highest BCUT2D eigenvalue weighted by atomic mass is 16.5. The van der Waals surface area contributed by atoms with Gasteiger partial charge in [0.05, 0.1) is 0 Å². The van der Waals surface area contributed by atoms with Crippen LogP contribution in [0.15, 0.2) is 66.7 Å². The SMILES string of the molecule is CCC(Oc1ccc(C)cc1)C(=O)NNC(=O)C(C)Oc1ccc2ccccc2c1. The maximum Gasteiger partial charge on any atom is 0.279 e. The molecule has 0 saturated carbocycles. The second-order valence-electron chi connectivity index (χ2n) is 7.08. The topological polar surface area (TPSA) is 76.7 Å². The van der Waals surface area contributed by atoms with Gasteiger partial charge in [-0.05, 0) is 55.3 Å². The van der Waals surface area contributed by atoms with Gasteiger partial charge in [0.25, 0.3) is 11.8 Å². The molecule has 6 heteroatoms. The predicted molar refractivity (Wildman–Crippen MR) is 116 cm³/mol. The highest BCUT2D eigenvalue weighted by Crippen LogP contribution is 2.21. The fraction of sp³-hybridized carbons (Fsp3) is 0.250. The molecular weight excluding hydrogens is 380 g/mol. The minimum absolute atomic E-state index is 0.427. The van der Waals surface area contributed by atoms with Crippen LogP contribution in [-0.2, 0) is 9.59 Å². The molecule has 6 nitrogen and oxygen atoms in total. The summed E-state index contributed by atoms with van der Waals surface area (Å²) in [6.07, 6.45) is -1.05. The van der Waals surface area contributed by atoms with E-state index >= 15 is 0 Å². The second kappa shape index (κ2) is 9.78. The molecule has 2 amide bonds. The number of hydrogen-bond donors (Lipinski definition) is 2. The van der Waals surface area contributed by atoms with Crippen LogP contribution in [0.25, 0.3) is 10.8 Å². The van der Waals surface area contributed by atoms with Crippen molar-refractivity contribution in [2.45, 2.75) is 39.4 Å². The van der Waals surface area contributed by atoms with Crippen LogP contribution in [0.4, 0.5) is 0 Å². The summed E-state index contributed by atoms with van der Waals surface area (Å²) < 4.78 is 11.4. The molecule has 0 saturated heterocycles. The molecule has 0 fully saturated rings. The van der Waals surface area contributed by atoms with E-state index in [4.69, 9.17) is 9.47 Å². The smallest absolute Gasteiger partial charge is 0.279 e. The molecule has 3 aromatic rings. The third-order valence-electron chi connectivity index (χ3n) is 4.67.